The largest absolute Gasteiger partial charge is 0.491 e. The number of hydrogen-bond acceptors (Lipinski definition) is 5. The van der Waals surface area contributed by atoms with E-state index < -0.39 is 6.04 Å². The molecule has 1 aromatic carbocycles. The normalized spacial score (nSPS) is 16.2. The minimum Gasteiger partial charge on any atom is -0.491 e. The summed E-state index contributed by atoms with van der Waals surface area (Å²) in [4.78, 5) is 13.7. The van der Waals surface area contributed by atoms with Crippen LogP contribution in [0.4, 0.5) is 5.69 Å². The Bertz CT molecular complexity index is 422. The zero-order chi connectivity index (χ0) is 13.0. The first-order valence-electron chi connectivity index (χ1n) is 6.04. The van der Waals surface area contributed by atoms with Crippen LogP contribution < -0.4 is 15.4 Å². The minimum atomic E-state index is -0.460. The molecule has 1 unspecified atom stereocenters. The van der Waals surface area contributed by atoms with Gasteiger partial charge in [0.05, 0.1) is 19.4 Å². The highest BCUT2D eigenvalue weighted by Gasteiger charge is 2.28. The molecular formula is C13H18N2O3. The molecular weight excluding hydrogens is 232 g/mol. The summed E-state index contributed by atoms with van der Waals surface area (Å²) in [5, 5.41) is 0. The van der Waals surface area contributed by atoms with Gasteiger partial charge in [-0.1, -0.05) is 12.1 Å². The fraction of sp³-hybridized carbons (Fsp3) is 0.462. The lowest BCUT2D eigenvalue weighted by atomic mass is 10.2. The molecule has 0 bridgehead atoms. The van der Waals surface area contributed by atoms with Crippen molar-refractivity contribution in [2.45, 2.75) is 12.5 Å². The standard InChI is InChI=1S/C13H18N2O3/c1-17-13(16)11(9-14)15-7-4-8-18-12-6-3-2-5-10(12)15/h2-3,5-6,11H,4,7-9,14H2,1H3. The number of rotatable bonds is 3. The highest BCUT2D eigenvalue weighted by molar-refractivity contribution is 5.81. The lowest BCUT2D eigenvalue weighted by molar-refractivity contribution is -0.142. The van der Waals surface area contributed by atoms with Gasteiger partial charge in [-0.15, -0.1) is 0 Å². The van der Waals surface area contributed by atoms with Crippen LogP contribution in [0.1, 0.15) is 6.42 Å². The maximum atomic E-state index is 11.8. The summed E-state index contributed by atoms with van der Waals surface area (Å²) < 4.78 is 10.5. The van der Waals surface area contributed by atoms with Gasteiger partial charge in [0.1, 0.15) is 11.8 Å². The molecule has 1 aromatic rings. The van der Waals surface area contributed by atoms with Crippen LogP contribution in [0.15, 0.2) is 24.3 Å². The molecule has 0 aromatic heterocycles. The molecule has 0 spiro atoms. The minimum absolute atomic E-state index is 0.223. The first kappa shape index (κ1) is 12.7. The van der Waals surface area contributed by atoms with Gasteiger partial charge in [-0.2, -0.15) is 0 Å². The van der Waals surface area contributed by atoms with Gasteiger partial charge in [0.25, 0.3) is 0 Å². The van der Waals surface area contributed by atoms with Gasteiger partial charge in [0.15, 0.2) is 0 Å². The van der Waals surface area contributed by atoms with Crippen LogP contribution in [0.3, 0.4) is 0 Å². The number of anilines is 1. The summed E-state index contributed by atoms with van der Waals surface area (Å²) in [6, 6.07) is 7.21. The Hall–Kier alpha value is -1.75. The summed E-state index contributed by atoms with van der Waals surface area (Å²) in [5.41, 5.74) is 6.60. The van der Waals surface area contributed by atoms with E-state index in [9.17, 15) is 4.79 Å². The average Bonchev–Trinajstić information content (AvgIpc) is 2.62. The number of esters is 1. The SMILES string of the molecule is COC(=O)C(CN)N1CCCOc2ccccc21. The van der Waals surface area contributed by atoms with E-state index >= 15 is 0 Å². The van der Waals surface area contributed by atoms with E-state index in [1.807, 2.05) is 29.2 Å². The van der Waals surface area contributed by atoms with E-state index in [1.165, 1.54) is 7.11 Å². The Morgan fingerprint density at radius 3 is 3.06 bits per heavy atom. The van der Waals surface area contributed by atoms with E-state index in [1.54, 1.807) is 0 Å². The second kappa shape index (κ2) is 5.73. The lowest BCUT2D eigenvalue weighted by Gasteiger charge is -2.30. The van der Waals surface area contributed by atoms with Crippen LogP contribution in [-0.4, -0.2) is 38.8 Å². The third-order valence-corrected chi connectivity index (χ3v) is 3.05. The van der Waals surface area contributed by atoms with E-state index in [4.69, 9.17) is 15.2 Å². The van der Waals surface area contributed by atoms with Crippen LogP contribution >= 0.6 is 0 Å². The van der Waals surface area contributed by atoms with Crippen LogP contribution in [0.2, 0.25) is 0 Å². The Balaban J connectivity index is 2.34. The number of benzene rings is 1. The molecule has 2 rings (SSSR count). The molecule has 2 N–H and O–H groups in total. The summed E-state index contributed by atoms with van der Waals surface area (Å²) in [7, 11) is 1.38. The molecule has 1 aliphatic rings. The third kappa shape index (κ3) is 2.41. The maximum Gasteiger partial charge on any atom is 0.329 e. The molecule has 0 saturated carbocycles. The summed E-state index contributed by atoms with van der Waals surface area (Å²) in [5.74, 6) is 0.478. The predicted molar refractivity (Wildman–Crippen MR) is 68.8 cm³/mol. The summed E-state index contributed by atoms with van der Waals surface area (Å²) >= 11 is 0. The highest BCUT2D eigenvalue weighted by atomic mass is 16.5. The van der Waals surface area contributed by atoms with Crippen LogP contribution in [0.25, 0.3) is 0 Å². The van der Waals surface area contributed by atoms with Crippen LogP contribution in [-0.2, 0) is 9.53 Å². The quantitative estimate of drug-likeness (QED) is 0.803. The van der Waals surface area contributed by atoms with Crippen molar-refractivity contribution in [3.63, 3.8) is 0 Å². The highest BCUT2D eigenvalue weighted by Crippen LogP contribution is 2.31. The fourth-order valence-electron chi connectivity index (χ4n) is 2.16. The molecule has 5 heteroatoms. The van der Waals surface area contributed by atoms with E-state index in [-0.39, 0.29) is 12.5 Å². The second-order valence-corrected chi connectivity index (χ2v) is 4.14. The molecule has 0 aliphatic carbocycles. The Morgan fingerprint density at radius 1 is 1.56 bits per heavy atom. The van der Waals surface area contributed by atoms with Gasteiger partial charge in [-0.3, -0.25) is 0 Å². The van der Waals surface area contributed by atoms with Gasteiger partial charge in [0.2, 0.25) is 0 Å². The molecule has 0 saturated heterocycles. The lowest BCUT2D eigenvalue weighted by Crippen LogP contribution is -2.47. The Morgan fingerprint density at radius 2 is 2.33 bits per heavy atom. The summed E-state index contributed by atoms with van der Waals surface area (Å²) in [6.45, 7) is 1.60. The number of methoxy groups -OCH3 is 1. The molecule has 18 heavy (non-hydrogen) atoms. The number of nitrogens with zero attached hydrogens (tertiary/aromatic N) is 1. The van der Waals surface area contributed by atoms with Crippen molar-refractivity contribution in [3.8, 4) is 5.75 Å². The molecule has 1 aliphatic heterocycles. The Kier molecular flexibility index (Phi) is 4.04. The molecule has 0 fully saturated rings. The fourth-order valence-corrected chi connectivity index (χ4v) is 2.16. The second-order valence-electron chi connectivity index (χ2n) is 4.14. The topological polar surface area (TPSA) is 64.8 Å². The first-order valence-corrected chi connectivity index (χ1v) is 6.04. The third-order valence-electron chi connectivity index (χ3n) is 3.05. The molecule has 98 valence electrons. The number of carbonyl (C=O) groups is 1. The number of carbonyl (C=O) groups excluding carboxylic acids is 1. The number of fused-ring (bicyclic) bond motifs is 1. The van der Waals surface area contributed by atoms with Crippen molar-refractivity contribution >= 4 is 11.7 Å². The number of nitrogens with two attached hydrogens (primary N) is 1. The van der Waals surface area contributed by atoms with Crippen molar-refractivity contribution in [3.05, 3.63) is 24.3 Å². The van der Waals surface area contributed by atoms with Crippen LogP contribution in [0, 0.1) is 0 Å². The van der Waals surface area contributed by atoms with Gasteiger partial charge < -0.3 is 20.1 Å². The molecule has 1 heterocycles. The van der Waals surface area contributed by atoms with Crippen molar-refractivity contribution in [1.82, 2.24) is 0 Å². The number of ether oxygens (including phenoxy) is 2. The smallest absolute Gasteiger partial charge is 0.329 e. The first-order chi connectivity index (χ1) is 8.77. The zero-order valence-corrected chi connectivity index (χ0v) is 10.5. The van der Waals surface area contributed by atoms with E-state index in [0.29, 0.717) is 6.61 Å². The van der Waals surface area contributed by atoms with E-state index in [2.05, 4.69) is 0 Å². The number of hydrogen-bond donors (Lipinski definition) is 1. The van der Waals surface area contributed by atoms with Gasteiger partial charge >= 0.3 is 5.97 Å². The molecule has 0 amide bonds. The number of para-hydroxylation sites is 2. The van der Waals surface area contributed by atoms with Crippen molar-refractivity contribution in [2.75, 3.05) is 31.7 Å². The molecule has 5 nitrogen and oxygen atoms in total. The molecule has 0 radical (unpaired) electrons. The maximum absolute atomic E-state index is 11.8. The van der Waals surface area contributed by atoms with Crippen LogP contribution in [0.5, 0.6) is 5.75 Å². The van der Waals surface area contributed by atoms with Crippen molar-refractivity contribution in [1.29, 1.82) is 0 Å². The van der Waals surface area contributed by atoms with E-state index in [0.717, 1.165) is 24.4 Å². The zero-order valence-electron chi connectivity index (χ0n) is 10.5. The average molecular weight is 250 g/mol. The Labute approximate surface area is 106 Å². The van der Waals surface area contributed by atoms with Crippen molar-refractivity contribution in [2.24, 2.45) is 5.73 Å². The predicted octanol–water partition coefficient (Wildman–Crippen LogP) is 0.776. The van der Waals surface area contributed by atoms with Gasteiger partial charge in [-0.25, -0.2) is 4.79 Å². The monoisotopic (exact) mass is 250 g/mol. The molecule has 1 atom stereocenters. The van der Waals surface area contributed by atoms with Gasteiger partial charge in [-0.05, 0) is 18.6 Å². The summed E-state index contributed by atoms with van der Waals surface area (Å²) in [6.07, 6.45) is 0.849. The van der Waals surface area contributed by atoms with Crippen molar-refractivity contribution < 1.29 is 14.3 Å². The van der Waals surface area contributed by atoms with Gasteiger partial charge in [0, 0.05) is 13.1 Å².